The van der Waals surface area contributed by atoms with Gasteiger partial charge >= 0.3 is 0 Å². The van der Waals surface area contributed by atoms with Gasteiger partial charge in [-0.3, -0.25) is 4.79 Å². The predicted molar refractivity (Wildman–Crippen MR) is 71.6 cm³/mol. The summed E-state index contributed by atoms with van der Waals surface area (Å²) in [5.74, 6) is 1.13. The molecule has 0 aliphatic carbocycles. The van der Waals surface area contributed by atoms with Crippen molar-refractivity contribution in [3.63, 3.8) is 0 Å². The molecule has 3 rings (SSSR count). The monoisotopic (exact) mass is 273 g/mol. The first-order valence-electron chi connectivity index (χ1n) is 6.49. The number of hydrogen-bond donors (Lipinski definition) is 2. The van der Waals surface area contributed by atoms with Crippen LogP contribution in [-0.4, -0.2) is 24.2 Å². The maximum atomic E-state index is 12.2. The van der Waals surface area contributed by atoms with Crippen LogP contribution in [0.5, 0.6) is 5.75 Å². The number of aliphatic hydroxyl groups excluding tert-OH is 1. The molecule has 2 N–H and O–H groups in total. The SMILES string of the molecule is O=C(NC(CO)c1ccco1)c1ccc2c(c1)CCO2. The summed E-state index contributed by atoms with van der Waals surface area (Å²) in [5, 5.41) is 12.1. The van der Waals surface area contributed by atoms with Gasteiger partial charge in [0.1, 0.15) is 17.6 Å². The maximum absolute atomic E-state index is 12.2. The zero-order valence-electron chi connectivity index (χ0n) is 10.8. The van der Waals surface area contributed by atoms with Crippen LogP contribution in [0.3, 0.4) is 0 Å². The van der Waals surface area contributed by atoms with Crippen LogP contribution in [0, 0.1) is 0 Å². The minimum absolute atomic E-state index is 0.215. The molecule has 0 saturated heterocycles. The largest absolute Gasteiger partial charge is 0.493 e. The van der Waals surface area contributed by atoms with E-state index in [2.05, 4.69) is 5.32 Å². The second kappa shape index (κ2) is 5.38. The van der Waals surface area contributed by atoms with Crippen LogP contribution in [0.25, 0.3) is 0 Å². The van der Waals surface area contributed by atoms with E-state index in [1.807, 2.05) is 6.07 Å². The second-order valence-electron chi connectivity index (χ2n) is 4.65. The van der Waals surface area contributed by atoms with Crippen LogP contribution in [0.4, 0.5) is 0 Å². The van der Waals surface area contributed by atoms with Crippen LogP contribution in [0.2, 0.25) is 0 Å². The number of rotatable bonds is 4. The molecule has 1 aliphatic heterocycles. The molecular weight excluding hydrogens is 258 g/mol. The van der Waals surface area contributed by atoms with Crippen molar-refractivity contribution in [2.75, 3.05) is 13.2 Å². The highest BCUT2D eigenvalue weighted by atomic mass is 16.5. The lowest BCUT2D eigenvalue weighted by Gasteiger charge is -2.14. The van der Waals surface area contributed by atoms with Crippen LogP contribution in [0.15, 0.2) is 41.0 Å². The highest BCUT2D eigenvalue weighted by Gasteiger charge is 2.19. The number of carbonyl (C=O) groups excluding carboxylic acids is 1. The number of nitrogens with one attached hydrogen (secondary N) is 1. The number of hydrogen-bond acceptors (Lipinski definition) is 4. The van der Waals surface area contributed by atoms with Crippen molar-refractivity contribution in [3.8, 4) is 5.75 Å². The number of furan rings is 1. The molecule has 0 radical (unpaired) electrons. The zero-order chi connectivity index (χ0) is 13.9. The highest BCUT2D eigenvalue weighted by molar-refractivity contribution is 5.94. The van der Waals surface area contributed by atoms with E-state index in [1.54, 1.807) is 24.3 Å². The van der Waals surface area contributed by atoms with Crippen LogP contribution < -0.4 is 10.1 Å². The van der Waals surface area contributed by atoms with Gasteiger partial charge in [-0.25, -0.2) is 0 Å². The number of ether oxygens (including phenoxy) is 1. The fraction of sp³-hybridized carbons (Fsp3) is 0.267. The third kappa shape index (κ3) is 2.40. The summed E-state index contributed by atoms with van der Waals surface area (Å²) in [6.45, 7) is 0.444. The number of aliphatic hydroxyl groups is 1. The Morgan fingerprint density at radius 3 is 3.05 bits per heavy atom. The summed E-state index contributed by atoms with van der Waals surface area (Å²) in [5.41, 5.74) is 1.59. The van der Waals surface area contributed by atoms with Gasteiger partial charge in [-0.15, -0.1) is 0 Å². The van der Waals surface area contributed by atoms with E-state index in [9.17, 15) is 9.90 Å². The summed E-state index contributed by atoms with van der Waals surface area (Å²) in [7, 11) is 0. The molecule has 1 unspecified atom stereocenters. The molecule has 1 aromatic carbocycles. The lowest BCUT2D eigenvalue weighted by Crippen LogP contribution is -2.30. The maximum Gasteiger partial charge on any atom is 0.251 e. The molecule has 5 nitrogen and oxygen atoms in total. The average molecular weight is 273 g/mol. The Balaban J connectivity index is 1.75. The first-order chi connectivity index (χ1) is 9.78. The van der Waals surface area contributed by atoms with Crippen molar-refractivity contribution in [3.05, 3.63) is 53.5 Å². The Kier molecular flexibility index (Phi) is 3.43. The van der Waals surface area contributed by atoms with Crippen molar-refractivity contribution in [2.45, 2.75) is 12.5 Å². The Bertz CT molecular complexity index is 606. The molecule has 20 heavy (non-hydrogen) atoms. The van der Waals surface area contributed by atoms with E-state index in [0.29, 0.717) is 17.9 Å². The molecule has 1 aromatic heterocycles. The fourth-order valence-corrected chi connectivity index (χ4v) is 2.27. The summed E-state index contributed by atoms with van der Waals surface area (Å²) in [4.78, 5) is 12.2. The topological polar surface area (TPSA) is 71.7 Å². The van der Waals surface area contributed by atoms with E-state index >= 15 is 0 Å². The van der Waals surface area contributed by atoms with Gasteiger partial charge in [0.25, 0.3) is 5.91 Å². The summed E-state index contributed by atoms with van der Waals surface area (Å²) >= 11 is 0. The van der Waals surface area contributed by atoms with Crippen molar-refractivity contribution in [1.82, 2.24) is 5.32 Å². The standard InChI is InChI=1S/C15H15NO4/c17-9-12(14-2-1-6-19-14)16-15(18)11-3-4-13-10(8-11)5-7-20-13/h1-4,6,8,12,17H,5,7,9H2,(H,16,18). The van der Waals surface area contributed by atoms with Crippen molar-refractivity contribution >= 4 is 5.91 Å². The minimum atomic E-state index is -0.540. The van der Waals surface area contributed by atoms with Gasteiger partial charge in [-0.05, 0) is 35.9 Å². The lowest BCUT2D eigenvalue weighted by molar-refractivity contribution is 0.0907. The van der Waals surface area contributed by atoms with E-state index < -0.39 is 6.04 Å². The minimum Gasteiger partial charge on any atom is -0.493 e. The first-order valence-corrected chi connectivity index (χ1v) is 6.49. The number of fused-ring (bicyclic) bond motifs is 1. The molecule has 1 aliphatic rings. The van der Waals surface area contributed by atoms with Gasteiger partial charge in [0.2, 0.25) is 0 Å². The molecule has 2 aromatic rings. The number of benzene rings is 1. The molecule has 0 fully saturated rings. The predicted octanol–water partition coefficient (Wildman–Crippen LogP) is 1.68. The van der Waals surface area contributed by atoms with Crippen LogP contribution in [0.1, 0.15) is 27.7 Å². The molecule has 0 bridgehead atoms. The molecule has 0 saturated carbocycles. The van der Waals surface area contributed by atoms with Gasteiger partial charge in [0.15, 0.2) is 0 Å². The third-order valence-corrected chi connectivity index (χ3v) is 3.33. The second-order valence-corrected chi connectivity index (χ2v) is 4.65. The Morgan fingerprint density at radius 1 is 1.40 bits per heavy atom. The number of carbonyl (C=O) groups is 1. The van der Waals surface area contributed by atoms with Gasteiger partial charge in [-0.1, -0.05) is 0 Å². The van der Waals surface area contributed by atoms with Gasteiger partial charge in [-0.2, -0.15) is 0 Å². The molecule has 2 heterocycles. The zero-order valence-corrected chi connectivity index (χ0v) is 10.8. The average Bonchev–Trinajstić information content (AvgIpc) is 3.14. The van der Waals surface area contributed by atoms with Gasteiger partial charge < -0.3 is 19.6 Å². The lowest BCUT2D eigenvalue weighted by atomic mass is 10.1. The summed E-state index contributed by atoms with van der Waals surface area (Å²) in [6, 6.07) is 8.25. The van der Waals surface area contributed by atoms with Crippen LogP contribution in [-0.2, 0) is 6.42 Å². The highest BCUT2D eigenvalue weighted by Crippen LogP contribution is 2.26. The number of amides is 1. The molecule has 5 heteroatoms. The fourth-order valence-electron chi connectivity index (χ4n) is 2.27. The normalized spacial score (nSPS) is 14.4. The summed E-state index contributed by atoms with van der Waals surface area (Å²) in [6.07, 6.45) is 2.33. The van der Waals surface area contributed by atoms with Crippen molar-refractivity contribution in [2.24, 2.45) is 0 Å². The Morgan fingerprint density at radius 2 is 2.30 bits per heavy atom. The molecule has 1 atom stereocenters. The molecule has 104 valence electrons. The van der Waals surface area contributed by atoms with Crippen molar-refractivity contribution in [1.29, 1.82) is 0 Å². The molecule has 1 amide bonds. The quantitative estimate of drug-likeness (QED) is 0.889. The Hall–Kier alpha value is -2.27. The van der Waals surface area contributed by atoms with E-state index in [0.717, 1.165) is 17.7 Å². The third-order valence-electron chi connectivity index (χ3n) is 3.33. The van der Waals surface area contributed by atoms with E-state index in [1.165, 1.54) is 6.26 Å². The van der Waals surface area contributed by atoms with Crippen molar-refractivity contribution < 1.29 is 19.1 Å². The summed E-state index contributed by atoms with van der Waals surface area (Å²) < 4.78 is 10.6. The smallest absolute Gasteiger partial charge is 0.251 e. The molecule has 0 spiro atoms. The van der Waals surface area contributed by atoms with Crippen LogP contribution >= 0.6 is 0 Å². The Labute approximate surface area is 116 Å². The van der Waals surface area contributed by atoms with E-state index in [4.69, 9.17) is 9.15 Å². The van der Waals surface area contributed by atoms with Gasteiger partial charge in [0.05, 0.1) is 19.5 Å². The first kappa shape index (κ1) is 12.7. The molecular formula is C15H15NO4. The van der Waals surface area contributed by atoms with Gasteiger partial charge in [0, 0.05) is 12.0 Å². The van der Waals surface area contributed by atoms with E-state index in [-0.39, 0.29) is 12.5 Å².